The van der Waals surface area contributed by atoms with Gasteiger partial charge >= 0.3 is 0 Å². The van der Waals surface area contributed by atoms with E-state index in [0.29, 0.717) is 25.8 Å². The molecule has 0 unspecified atom stereocenters. The second kappa shape index (κ2) is 10.8. The summed E-state index contributed by atoms with van der Waals surface area (Å²) in [5.41, 5.74) is 2.33. The van der Waals surface area contributed by atoms with Crippen molar-refractivity contribution in [2.75, 3.05) is 19.8 Å². The molecule has 0 spiro atoms. The maximum Gasteiger partial charge on any atom is 0.191 e. The molecule has 1 saturated heterocycles. The molecular weight excluding hydrogens is 356 g/mol. The molecule has 8 heteroatoms. The summed E-state index contributed by atoms with van der Waals surface area (Å²) >= 11 is 0. The van der Waals surface area contributed by atoms with Gasteiger partial charge in [0, 0.05) is 26.8 Å². The molecule has 0 amide bonds. The lowest BCUT2D eigenvalue weighted by atomic mass is 10.1. The summed E-state index contributed by atoms with van der Waals surface area (Å²) in [7, 11) is 1.88. The first-order chi connectivity index (χ1) is 13.7. The van der Waals surface area contributed by atoms with Crippen molar-refractivity contribution in [1.82, 2.24) is 25.4 Å². The third-order valence-electron chi connectivity index (χ3n) is 4.63. The molecule has 1 aliphatic heterocycles. The van der Waals surface area contributed by atoms with Gasteiger partial charge in [-0.1, -0.05) is 24.3 Å². The fraction of sp³-hybridized carbons (Fsp3) is 0.550. The van der Waals surface area contributed by atoms with E-state index in [1.165, 1.54) is 5.56 Å². The van der Waals surface area contributed by atoms with Crippen LogP contribution in [0.15, 0.2) is 35.6 Å². The summed E-state index contributed by atoms with van der Waals surface area (Å²) in [6.45, 7) is 6.24. The van der Waals surface area contributed by atoms with E-state index in [0.717, 1.165) is 49.9 Å². The first kappa shape index (κ1) is 20.3. The second-order valence-corrected chi connectivity index (χ2v) is 6.79. The van der Waals surface area contributed by atoms with E-state index in [-0.39, 0.29) is 0 Å². The average molecular weight is 387 g/mol. The highest BCUT2D eigenvalue weighted by molar-refractivity contribution is 5.79. The predicted molar refractivity (Wildman–Crippen MR) is 108 cm³/mol. The van der Waals surface area contributed by atoms with Gasteiger partial charge in [0.25, 0.3) is 0 Å². The van der Waals surface area contributed by atoms with Crippen molar-refractivity contribution in [2.45, 2.75) is 45.6 Å². The van der Waals surface area contributed by atoms with E-state index in [1.807, 2.05) is 14.0 Å². The van der Waals surface area contributed by atoms with Gasteiger partial charge in [-0.15, -0.1) is 0 Å². The summed E-state index contributed by atoms with van der Waals surface area (Å²) in [5, 5.41) is 10.6. The first-order valence-electron chi connectivity index (χ1n) is 9.87. The number of hydrogen-bond donors (Lipinski definition) is 2. The maximum atomic E-state index is 6.02. The van der Waals surface area contributed by atoms with E-state index in [2.05, 4.69) is 50.0 Å². The van der Waals surface area contributed by atoms with Crippen molar-refractivity contribution >= 4 is 5.96 Å². The molecule has 1 aromatic carbocycles. The second-order valence-electron chi connectivity index (χ2n) is 6.79. The van der Waals surface area contributed by atoms with Crippen molar-refractivity contribution in [2.24, 2.45) is 12.0 Å². The summed E-state index contributed by atoms with van der Waals surface area (Å²) < 4.78 is 13.2. The fourth-order valence-electron chi connectivity index (χ4n) is 3.03. The number of ether oxygens (including phenoxy) is 2. The Morgan fingerprint density at radius 1 is 1.29 bits per heavy atom. The highest BCUT2D eigenvalue weighted by Crippen LogP contribution is 2.14. The minimum Gasteiger partial charge on any atom is -0.381 e. The van der Waals surface area contributed by atoms with Gasteiger partial charge in [0.05, 0.1) is 25.8 Å². The van der Waals surface area contributed by atoms with Gasteiger partial charge in [-0.25, -0.2) is 9.98 Å². The first-order valence-corrected chi connectivity index (χ1v) is 9.87. The van der Waals surface area contributed by atoms with Crippen LogP contribution in [0.2, 0.25) is 0 Å². The molecule has 0 atom stereocenters. The van der Waals surface area contributed by atoms with Crippen LogP contribution in [0.1, 0.15) is 36.7 Å². The molecule has 0 radical (unpaired) electrons. The Morgan fingerprint density at radius 2 is 2.11 bits per heavy atom. The van der Waals surface area contributed by atoms with Crippen LogP contribution < -0.4 is 10.6 Å². The Kier molecular flexibility index (Phi) is 7.81. The standard InChI is InChI=1S/C20H30N6O2/c1-3-21-20(23-13-19-24-15-25-26(19)2)22-12-16-5-4-6-17(11-16)14-28-18-7-9-27-10-8-18/h4-6,11,15,18H,3,7-10,12-14H2,1-2H3,(H2,21,22,23). The van der Waals surface area contributed by atoms with Crippen LogP contribution in [0.25, 0.3) is 0 Å². The average Bonchev–Trinajstić information content (AvgIpc) is 3.14. The van der Waals surface area contributed by atoms with E-state index < -0.39 is 0 Å². The summed E-state index contributed by atoms with van der Waals surface area (Å²) in [6, 6.07) is 8.42. The minimum absolute atomic E-state index is 0.306. The number of benzene rings is 1. The summed E-state index contributed by atoms with van der Waals surface area (Å²) in [4.78, 5) is 8.91. The Labute approximate surface area is 166 Å². The molecule has 0 aliphatic carbocycles. The normalized spacial score (nSPS) is 15.6. The molecule has 8 nitrogen and oxygen atoms in total. The third-order valence-corrected chi connectivity index (χ3v) is 4.63. The van der Waals surface area contributed by atoms with Crippen LogP contribution in [0, 0.1) is 0 Å². The van der Waals surface area contributed by atoms with Crippen molar-refractivity contribution in [3.63, 3.8) is 0 Å². The number of aryl methyl sites for hydroxylation is 1. The summed E-state index contributed by atoms with van der Waals surface area (Å²) in [5.74, 6) is 1.62. The third kappa shape index (κ3) is 6.31. The molecule has 1 aliphatic rings. The lowest BCUT2D eigenvalue weighted by Gasteiger charge is -2.22. The minimum atomic E-state index is 0.306. The van der Waals surface area contributed by atoms with Crippen molar-refractivity contribution in [3.8, 4) is 0 Å². The largest absolute Gasteiger partial charge is 0.381 e. The number of aromatic nitrogens is 3. The number of guanidine groups is 1. The number of rotatable bonds is 8. The fourth-order valence-corrected chi connectivity index (χ4v) is 3.03. The van der Waals surface area contributed by atoms with Crippen LogP contribution in [0.5, 0.6) is 0 Å². The van der Waals surface area contributed by atoms with Crippen LogP contribution in [-0.2, 0) is 36.2 Å². The lowest BCUT2D eigenvalue weighted by molar-refractivity contribution is -0.0390. The van der Waals surface area contributed by atoms with E-state index in [9.17, 15) is 0 Å². The van der Waals surface area contributed by atoms with Crippen molar-refractivity contribution in [1.29, 1.82) is 0 Å². The molecule has 0 saturated carbocycles. The lowest BCUT2D eigenvalue weighted by Crippen LogP contribution is -2.37. The van der Waals surface area contributed by atoms with Crippen molar-refractivity contribution < 1.29 is 9.47 Å². The van der Waals surface area contributed by atoms with Gasteiger partial charge in [0.2, 0.25) is 0 Å². The number of nitrogens with one attached hydrogen (secondary N) is 2. The van der Waals surface area contributed by atoms with Gasteiger partial charge in [-0.3, -0.25) is 4.68 Å². The van der Waals surface area contributed by atoms with Crippen LogP contribution in [0.4, 0.5) is 0 Å². The summed E-state index contributed by atoms with van der Waals surface area (Å²) in [6.07, 6.45) is 3.82. The van der Waals surface area contributed by atoms with Crippen LogP contribution >= 0.6 is 0 Å². The van der Waals surface area contributed by atoms with Gasteiger partial charge in [-0.2, -0.15) is 5.10 Å². The smallest absolute Gasteiger partial charge is 0.191 e. The SMILES string of the molecule is CCNC(=NCc1cccc(COC2CCOCC2)c1)NCc1ncnn1C. The van der Waals surface area contributed by atoms with E-state index >= 15 is 0 Å². The monoisotopic (exact) mass is 386 g/mol. The van der Waals surface area contributed by atoms with Gasteiger partial charge < -0.3 is 20.1 Å². The van der Waals surface area contributed by atoms with E-state index in [4.69, 9.17) is 9.47 Å². The number of aliphatic imine (C=N–C) groups is 1. The molecule has 2 heterocycles. The zero-order valence-electron chi connectivity index (χ0n) is 16.7. The molecule has 2 N–H and O–H groups in total. The molecule has 1 aromatic heterocycles. The molecule has 1 fully saturated rings. The zero-order chi connectivity index (χ0) is 19.6. The zero-order valence-corrected chi connectivity index (χ0v) is 16.7. The highest BCUT2D eigenvalue weighted by Gasteiger charge is 2.14. The Hall–Kier alpha value is -2.45. The topological polar surface area (TPSA) is 85.6 Å². The Balaban J connectivity index is 1.53. The van der Waals surface area contributed by atoms with Crippen LogP contribution in [-0.4, -0.2) is 46.6 Å². The Morgan fingerprint density at radius 3 is 2.86 bits per heavy atom. The van der Waals surface area contributed by atoms with Gasteiger partial charge in [0.15, 0.2) is 5.96 Å². The molecule has 2 aromatic rings. The Bertz CT molecular complexity index is 755. The quantitative estimate of drug-likeness (QED) is 0.531. The predicted octanol–water partition coefficient (Wildman–Crippen LogP) is 1.77. The van der Waals surface area contributed by atoms with E-state index in [1.54, 1.807) is 11.0 Å². The van der Waals surface area contributed by atoms with Crippen LogP contribution in [0.3, 0.4) is 0 Å². The van der Waals surface area contributed by atoms with Gasteiger partial charge in [0.1, 0.15) is 12.2 Å². The van der Waals surface area contributed by atoms with Gasteiger partial charge in [-0.05, 0) is 30.9 Å². The molecular formula is C20H30N6O2. The molecule has 3 rings (SSSR count). The number of hydrogen-bond acceptors (Lipinski definition) is 5. The molecule has 152 valence electrons. The molecule has 0 bridgehead atoms. The molecule has 28 heavy (non-hydrogen) atoms. The highest BCUT2D eigenvalue weighted by atomic mass is 16.5. The number of nitrogens with zero attached hydrogens (tertiary/aromatic N) is 4. The maximum absolute atomic E-state index is 6.02. The van der Waals surface area contributed by atoms with Crippen molar-refractivity contribution in [3.05, 3.63) is 47.5 Å².